The molecule has 0 aliphatic heterocycles. The van der Waals surface area contributed by atoms with Crippen LogP contribution in [0.25, 0.3) is 0 Å². The second-order valence-electron chi connectivity index (χ2n) is 4.51. The van der Waals surface area contributed by atoms with E-state index in [-0.39, 0.29) is 6.54 Å². The number of hydrogen-bond donors (Lipinski definition) is 1. The van der Waals surface area contributed by atoms with Gasteiger partial charge in [-0.05, 0) is 39.0 Å². The minimum absolute atomic E-state index is 0.0580. The van der Waals surface area contributed by atoms with E-state index in [1.165, 1.54) is 18.2 Å². The monoisotopic (exact) mass is 225 g/mol. The Balaban J connectivity index is 2.93. The molecule has 0 aliphatic carbocycles. The number of esters is 1. The molecule has 1 aromatic rings. The molecule has 0 radical (unpaired) electrons. The molecule has 1 rings (SSSR count). The van der Waals surface area contributed by atoms with Crippen LogP contribution in [0.3, 0.4) is 0 Å². The van der Waals surface area contributed by atoms with Crippen LogP contribution < -0.4 is 5.73 Å². The van der Waals surface area contributed by atoms with Gasteiger partial charge in [0.1, 0.15) is 11.4 Å². The first-order valence-corrected chi connectivity index (χ1v) is 5.05. The Labute approximate surface area is 94.4 Å². The van der Waals surface area contributed by atoms with Crippen LogP contribution in [0.4, 0.5) is 4.39 Å². The maximum Gasteiger partial charge on any atom is 0.338 e. The van der Waals surface area contributed by atoms with Crippen molar-refractivity contribution in [1.29, 1.82) is 0 Å². The van der Waals surface area contributed by atoms with Gasteiger partial charge in [-0.15, -0.1) is 0 Å². The largest absolute Gasteiger partial charge is 0.456 e. The average molecular weight is 225 g/mol. The van der Waals surface area contributed by atoms with Gasteiger partial charge in [0.05, 0.1) is 5.56 Å². The van der Waals surface area contributed by atoms with Crippen molar-refractivity contribution in [2.45, 2.75) is 32.9 Å². The molecule has 3 nitrogen and oxygen atoms in total. The first kappa shape index (κ1) is 12.6. The number of halogens is 1. The average Bonchev–Trinajstić information content (AvgIpc) is 2.15. The summed E-state index contributed by atoms with van der Waals surface area (Å²) < 4.78 is 18.3. The van der Waals surface area contributed by atoms with Crippen LogP contribution >= 0.6 is 0 Å². The number of ether oxygens (including phenoxy) is 1. The van der Waals surface area contributed by atoms with Crippen molar-refractivity contribution in [2.24, 2.45) is 5.73 Å². The Bertz CT molecular complexity index is 396. The van der Waals surface area contributed by atoms with Crippen LogP contribution in [0.1, 0.15) is 36.7 Å². The Morgan fingerprint density at radius 1 is 1.44 bits per heavy atom. The van der Waals surface area contributed by atoms with E-state index in [0.717, 1.165) is 0 Å². The molecule has 0 atom stereocenters. The molecule has 0 spiro atoms. The number of hydrogen-bond acceptors (Lipinski definition) is 3. The quantitative estimate of drug-likeness (QED) is 0.785. The van der Waals surface area contributed by atoms with E-state index in [9.17, 15) is 9.18 Å². The van der Waals surface area contributed by atoms with E-state index in [1.54, 1.807) is 20.8 Å². The van der Waals surface area contributed by atoms with Gasteiger partial charge in [0.2, 0.25) is 0 Å². The minimum Gasteiger partial charge on any atom is -0.456 e. The maximum absolute atomic E-state index is 13.1. The lowest BCUT2D eigenvalue weighted by Gasteiger charge is -2.19. The second kappa shape index (κ2) is 4.61. The first-order chi connectivity index (χ1) is 7.33. The lowest BCUT2D eigenvalue weighted by atomic mass is 10.1. The van der Waals surface area contributed by atoms with E-state index in [2.05, 4.69) is 0 Å². The van der Waals surface area contributed by atoms with E-state index in [0.29, 0.717) is 11.1 Å². The zero-order valence-corrected chi connectivity index (χ0v) is 9.71. The van der Waals surface area contributed by atoms with Crippen LogP contribution in [0, 0.1) is 5.82 Å². The maximum atomic E-state index is 13.1. The number of benzene rings is 1. The van der Waals surface area contributed by atoms with Crippen molar-refractivity contribution < 1.29 is 13.9 Å². The van der Waals surface area contributed by atoms with Crippen molar-refractivity contribution in [3.05, 3.63) is 35.1 Å². The Hall–Kier alpha value is -1.42. The highest BCUT2D eigenvalue weighted by molar-refractivity contribution is 5.89. The van der Waals surface area contributed by atoms with Crippen molar-refractivity contribution in [1.82, 2.24) is 0 Å². The van der Waals surface area contributed by atoms with Crippen molar-refractivity contribution in [3.63, 3.8) is 0 Å². The molecular weight excluding hydrogens is 209 g/mol. The molecular formula is C12H16FNO2. The van der Waals surface area contributed by atoms with Crippen molar-refractivity contribution >= 4 is 5.97 Å². The zero-order chi connectivity index (χ0) is 12.3. The summed E-state index contributed by atoms with van der Waals surface area (Å²) in [5.74, 6) is -0.878. The van der Waals surface area contributed by atoms with Crippen LogP contribution in [0.2, 0.25) is 0 Å². The number of rotatable bonds is 2. The molecule has 16 heavy (non-hydrogen) atoms. The fraction of sp³-hybridized carbons (Fsp3) is 0.417. The van der Waals surface area contributed by atoms with Gasteiger partial charge in [-0.2, -0.15) is 0 Å². The normalized spacial score (nSPS) is 11.3. The van der Waals surface area contributed by atoms with E-state index in [4.69, 9.17) is 10.5 Å². The third-order valence-corrected chi connectivity index (χ3v) is 1.90. The summed E-state index contributed by atoms with van der Waals surface area (Å²) in [6, 6.07) is 4.04. The van der Waals surface area contributed by atoms with Gasteiger partial charge >= 0.3 is 5.97 Å². The highest BCUT2D eigenvalue weighted by Crippen LogP contribution is 2.15. The van der Waals surface area contributed by atoms with Crippen LogP contribution in [0.5, 0.6) is 0 Å². The molecule has 2 N–H and O–H groups in total. The summed E-state index contributed by atoms with van der Waals surface area (Å²) in [4.78, 5) is 11.7. The predicted molar refractivity (Wildman–Crippen MR) is 59.5 cm³/mol. The summed E-state index contributed by atoms with van der Waals surface area (Å²) in [5, 5.41) is 0. The van der Waals surface area contributed by atoms with E-state index in [1.807, 2.05) is 0 Å². The second-order valence-corrected chi connectivity index (χ2v) is 4.51. The zero-order valence-electron chi connectivity index (χ0n) is 9.71. The Morgan fingerprint density at radius 3 is 2.56 bits per heavy atom. The number of carbonyl (C=O) groups excluding carboxylic acids is 1. The summed E-state index contributed by atoms with van der Waals surface area (Å²) in [5.41, 5.74) is 5.42. The molecule has 88 valence electrons. The SMILES string of the molecule is CC(C)(C)OC(=O)c1ccc(F)c(CN)c1. The molecule has 4 heteroatoms. The molecule has 0 saturated heterocycles. The van der Waals surface area contributed by atoms with Gasteiger partial charge in [-0.1, -0.05) is 0 Å². The highest BCUT2D eigenvalue weighted by Gasteiger charge is 2.18. The van der Waals surface area contributed by atoms with Gasteiger partial charge in [-0.25, -0.2) is 9.18 Å². The third kappa shape index (κ3) is 3.31. The fourth-order valence-corrected chi connectivity index (χ4v) is 1.20. The molecule has 0 aromatic heterocycles. The summed E-state index contributed by atoms with van der Waals surface area (Å²) in [7, 11) is 0. The van der Waals surface area contributed by atoms with Crippen LogP contribution in [-0.4, -0.2) is 11.6 Å². The van der Waals surface area contributed by atoms with E-state index < -0.39 is 17.4 Å². The molecule has 0 fully saturated rings. The minimum atomic E-state index is -0.561. The topological polar surface area (TPSA) is 52.3 Å². The van der Waals surface area contributed by atoms with Crippen molar-refractivity contribution in [2.75, 3.05) is 0 Å². The van der Waals surface area contributed by atoms with Crippen LogP contribution in [0.15, 0.2) is 18.2 Å². The lowest BCUT2D eigenvalue weighted by molar-refractivity contribution is 0.00694. The third-order valence-electron chi connectivity index (χ3n) is 1.90. The van der Waals surface area contributed by atoms with Crippen molar-refractivity contribution in [3.8, 4) is 0 Å². The Kier molecular flexibility index (Phi) is 3.65. The number of nitrogens with two attached hydrogens (primary N) is 1. The van der Waals surface area contributed by atoms with Gasteiger partial charge < -0.3 is 10.5 Å². The van der Waals surface area contributed by atoms with E-state index >= 15 is 0 Å². The highest BCUT2D eigenvalue weighted by atomic mass is 19.1. The van der Waals surface area contributed by atoms with Gasteiger partial charge in [0, 0.05) is 12.1 Å². The summed E-state index contributed by atoms with van der Waals surface area (Å²) in [6.07, 6.45) is 0. The molecule has 0 unspecified atom stereocenters. The van der Waals surface area contributed by atoms with Gasteiger partial charge in [0.15, 0.2) is 0 Å². The van der Waals surface area contributed by atoms with Gasteiger partial charge in [-0.3, -0.25) is 0 Å². The molecule has 0 aliphatic rings. The first-order valence-electron chi connectivity index (χ1n) is 5.05. The molecule has 0 bridgehead atoms. The predicted octanol–water partition coefficient (Wildman–Crippen LogP) is 2.24. The van der Waals surface area contributed by atoms with Crippen LogP contribution in [-0.2, 0) is 11.3 Å². The molecule has 0 heterocycles. The standard InChI is InChI=1S/C12H16FNO2/c1-12(2,3)16-11(15)8-4-5-10(13)9(6-8)7-14/h4-6H,7,14H2,1-3H3. The fourth-order valence-electron chi connectivity index (χ4n) is 1.20. The summed E-state index contributed by atoms with van der Waals surface area (Å²) >= 11 is 0. The molecule has 0 amide bonds. The van der Waals surface area contributed by atoms with Gasteiger partial charge in [0.25, 0.3) is 0 Å². The molecule has 1 aromatic carbocycles. The number of carbonyl (C=O) groups is 1. The Morgan fingerprint density at radius 2 is 2.06 bits per heavy atom. The smallest absolute Gasteiger partial charge is 0.338 e. The molecule has 0 saturated carbocycles. The summed E-state index contributed by atoms with van der Waals surface area (Å²) in [6.45, 7) is 5.39. The lowest BCUT2D eigenvalue weighted by Crippen LogP contribution is -2.24.